The highest BCUT2D eigenvalue weighted by Crippen LogP contribution is 2.24. The zero-order chi connectivity index (χ0) is 25.7. The van der Waals surface area contributed by atoms with Crippen molar-refractivity contribution < 1.29 is 44.3 Å². The Balaban J connectivity index is 0.000000198. The van der Waals surface area contributed by atoms with Crippen molar-refractivity contribution in [3.05, 3.63) is 0 Å². The van der Waals surface area contributed by atoms with Crippen molar-refractivity contribution >= 4 is 29.9 Å². The van der Waals surface area contributed by atoms with Crippen molar-refractivity contribution in [2.24, 2.45) is 15.7 Å². The van der Waals surface area contributed by atoms with Crippen LogP contribution >= 0.6 is 0 Å². The van der Waals surface area contributed by atoms with Crippen LogP contribution in [0.4, 0.5) is 9.59 Å². The lowest BCUT2D eigenvalue weighted by Crippen LogP contribution is -2.56. The summed E-state index contributed by atoms with van der Waals surface area (Å²) in [5, 5.41) is 44.1. The van der Waals surface area contributed by atoms with Gasteiger partial charge in [-0.25, -0.2) is 19.6 Å². The first kappa shape index (κ1) is 26.5. The molecule has 0 aromatic rings. The van der Waals surface area contributed by atoms with Crippen molar-refractivity contribution in [1.29, 1.82) is 0 Å². The van der Waals surface area contributed by atoms with E-state index < -0.39 is 48.9 Å². The molecule has 0 saturated carbocycles. The van der Waals surface area contributed by atoms with Gasteiger partial charge in [0.05, 0.1) is 25.4 Å². The molecule has 2 fully saturated rings. The number of nitrogens with two attached hydrogens (primary N) is 1. The third-order valence-electron chi connectivity index (χ3n) is 5.51. The van der Waals surface area contributed by atoms with Crippen molar-refractivity contribution in [1.82, 2.24) is 25.8 Å². The fraction of sp³-hybridized carbons (Fsp3) is 0.722. The first-order valence-electron chi connectivity index (χ1n) is 10.8. The number of aliphatic imine (C=N–C) groups is 2. The summed E-state index contributed by atoms with van der Waals surface area (Å²) < 4.78 is 10.7. The normalized spacial score (nSPS) is 32.7. The molecule has 17 nitrogen and oxygen atoms in total. The molecule has 6 unspecified atom stereocenters. The predicted molar refractivity (Wildman–Crippen MR) is 116 cm³/mol. The second kappa shape index (κ2) is 11.6. The Bertz CT molecular complexity index is 871. The van der Waals surface area contributed by atoms with Gasteiger partial charge in [0.15, 0.2) is 5.96 Å². The molecule has 0 aromatic heterocycles. The van der Waals surface area contributed by atoms with Crippen LogP contribution in [0.2, 0.25) is 0 Å². The van der Waals surface area contributed by atoms with Gasteiger partial charge in [-0.15, -0.1) is 0 Å². The van der Waals surface area contributed by atoms with Gasteiger partial charge in [0, 0.05) is 19.8 Å². The number of ether oxygens (including phenoxy) is 2. The fourth-order valence-corrected chi connectivity index (χ4v) is 3.69. The first-order chi connectivity index (χ1) is 16.6. The zero-order valence-electron chi connectivity index (χ0n) is 18.9. The van der Waals surface area contributed by atoms with E-state index in [0.717, 1.165) is 0 Å². The second-order valence-corrected chi connectivity index (χ2v) is 8.04. The number of carbonyl (C=O) groups excluding carboxylic acids is 3. The minimum Gasteiger partial charge on any atom is -0.394 e. The molecule has 0 aromatic carbocycles. The Labute approximate surface area is 199 Å². The highest BCUT2D eigenvalue weighted by molar-refractivity contribution is 6.04. The first-order valence-corrected chi connectivity index (χ1v) is 10.8. The number of aliphatic hydroxyl groups excluding tert-OH is 4. The quantitative estimate of drug-likeness (QED) is 0.184. The number of hydrogen-bond acceptors (Lipinski definition) is 12. The number of nitrogens with one attached hydrogen (secondary N) is 3. The summed E-state index contributed by atoms with van der Waals surface area (Å²) in [7, 11) is 0. The lowest BCUT2D eigenvalue weighted by Gasteiger charge is -2.30. The Morgan fingerprint density at radius 1 is 1.00 bits per heavy atom. The molecule has 35 heavy (non-hydrogen) atoms. The van der Waals surface area contributed by atoms with E-state index in [-0.39, 0.29) is 57.2 Å². The van der Waals surface area contributed by atoms with Crippen LogP contribution in [-0.4, -0.2) is 124 Å². The van der Waals surface area contributed by atoms with Gasteiger partial charge >= 0.3 is 12.1 Å². The van der Waals surface area contributed by atoms with Gasteiger partial charge in [-0.2, -0.15) is 0 Å². The Morgan fingerprint density at radius 3 is 1.89 bits per heavy atom. The largest absolute Gasteiger partial charge is 0.394 e. The highest BCUT2D eigenvalue weighted by atomic mass is 16.6. The van der Waals surface area contributed by atoms with Crippen molar-refractivity contribution in [3.63, 3.8) is 0 Å². The molecule has 4 aliphatic rings. The van der Waals surface area contributed by atoms with Gasteiger partial charge < -0.3 is 35.6 Å². The smallest absolute Gasteiger partial charge is 0.327 e. The second-order valence-electron chi connectivity index (χ2n) is 8.04. The topological polar surface area (TPSA) is 244 Å². The van der Waals surface area contributed by atoms with Crippen LogP contribution in [-0.2, 0) is 14.3 Å². The SMILES string of the molecule is CC(=O)NC1=NCN(C2CC(O)C(CO)O2)C(=O)N1.NC1=NCN(C2CC(O)C(CO)O2)C(=O)N1. The maximum atomic E-state index is 11.8. The fourth-order valence-electron chi connectivity index (χ4n) is 3.69. The van der Waals surface area contributed by atoms with Gasteiger partial charge in [-0.05, 0) is 0 Å². The van der Waals surface area contributed by atoms with E-state index in [4.69, 9.17) is 25.4 Å². The third kappa shape index (κ3) is 6.53. The van der Waals surface area contributed by atoms with Crippen LogP contribution in [0.25, 0.3) is 0 Å². The lowest BCUT2D eigenvalue weighted by atomic mass is 10.2. The minimum atomic E-state index is -0.816. The van der Waals surface area contributed by atoms with Crippen molar-refractivity contribution in [2.75, 3.05) is 26.6 Å². The van der Waals surface area contributed by atoms with Crippen LogP contribution < -0.4 is 21.7 Å². The molecule has 0 bridgehead atoms. The van der Waals surface area contributed by atoms with Gasteiger partial charge in [0.1, 0.15) is 38.0 Å². The molecule has 0 aliphatic carbocycles. The van der Waals surface area contributed by atoms with Crippen LogP contribution in [0.15, 0.2) is 9.98 Å². The molecule has 5 amide bonds. The summed E-state index contributed by atoms with van der Waals surface area (Å²) in [5.74, 6) is -0.176. The third-order valence-corrected chi connectivity index (χ3v) is 5.51. The maximum absolute atomic E-state index is 11.8. The number of urea groups is 2. The van der Waals surface area contributed by atoms with Crippen LogP contribution in [0.3, 0.4) is 0 Å². The van der Waals surface area contributed by atoms with E-state index in [9.17, 15) is 24.6 Å². The molecule has 0 radical (unpaired) electrons. The van der Waals surface area contributed by atoms with Gasteiger partial charge in [-0.3, -0.25) is 30.5 Å². The van der Waals surface area contributed by atoms with Gasteiger partial charge in [0.2, 0.25) is 11.9 Å². The monoisotopic (exact) mass is 502 g/mol. The minimum absolute atomic E-state index is 0.0109. The molecule has 17 heteroatoms. The van der Waals surface area contributed by atoms with Crippen LogP contribution in [0.5, 0.6) is 0 Å². The molecule has 9 N–H and O–H groups in total. The summed E-state index contributed by atoms with van der Waals surface area (Å²) in [6, 6.07) is -0.891. The van der Waals surface area contributed by atoms with E-state index in [1.165, 1.54) is 16.7 Å². The van der Waals surface area contributed by atoms with Crippen LogP contribution in [0.1, 0.15) is 19.8 Å². The number of nitrogens with zero attached hydrogens (tertiary/aromatic N) is 4. The van der Waals surface area contributed by atoms with E-state index in [1.54, 1.807) is 0 Å². The Morgan fingerprint density at radius 2 is 1.49 bits per heavy atom. The van der Waals surface area contributed by atoms with Crippen LogP contribution in [0, 0.1) is 0 Å². The Hall–Kier alpha value is -3.09. The number of amides is 5. The molecule has 6 atom stereocenters. The number of guanidine groups is 2. The van der Waals surface area contributed by atoms with E-state index >= 15 is 0 Å². The summed E-state index contributed by atoms with van der Waals surface area (Å²) in [4.78, 5) is 44.6. The summed E-state index contributed by atoms with van der Waals surface area (Å²) in [5.41, 5.74) is 5.33. The molecule has 4 aliphatic heterocycles. The van der Waals surface area contributed by atoms with E-state index in [2.05, 4.69) is 25.9 Å². The average Bonchev–Trinajstić information content (AvgIpc) is 3.35. The molecular weight excluding hydrogens is 472 g/mol. The molecular formula is C18H30N8O9. The number of rotatable bonds is 4. The standard InChI is InChI=1S/C10H16N4O5.C8H14N4O4/c1-5(16)12-9-11-4-14(10(18)13-9)8-2-6(17)7(3-15)19-8;9-7-10-3-12(8(15)11-7)6-1-4(14)5(2-13)16-6/h6-8,15,17H,2-4H2,1H3,(H2,11,12,13,16,18);4-6,13-14H,1-3H2,(H3,9,10,11,15). The zero-order valence-corrected chi connectivity index (χ0v) is 18.9. The Kier molecular flexibility index (Phi) is 8.76. The van der Waals surface area contributed by atoms with Crippen molar-refractivity contribution in [3.8, 4) is 0 Å². The van der Waals surface area contributed by atoms with Crippen molar-refractivity contribution in [2.45, 2.75) is 56.6 Å². The summed E-state index contributed by atoms with van der Waals surface area (Å²) >= 11 is 0. The predicted octanol–water partition coefficient (Wildman–Crippen LogP) is -4.32. The average molecular weight is 502 g/mol. The molecule has 196 valence electrons. The number of hydrogen-bond donors (Lipinski definition) is 8. The molecule has 0 spiro atoms. The maximum Gasteiger partial charge on any atom is 0.327 e. The highest BCUT2D eigenvalue weighted by Gasteiger charge is 2.40. The molecule has 4 heterocycles. The number of carbonyl (C=O) groups is 3. The molecule has 2 saturated heterocycles. The van der Waals surface area contributed by atoms with Gasteiger partial charge in [0.25, 0.3) is 0 Å². The van der Waals surface area contributed by atoms with E-state index in [1.807, 2.05) is 0 Å². The van der Waals surface area contributed by atoms with Gasteiger partial charge in [-0.1, -0.05) is 0 Å². The molecule has 4 rings (SSSR count). The van der Waals surface area contributed by atoms with E-state index in [0.29, 0.717) is 0 Å². The lowest BCUT2D eigenvalue weighted by molar-refractivity contribution is -0.117. The summed E-state index contributed by atoms with van der Waals surface area (Å²) in [6.07, 6.45) is -3.69. The summed E-state index contributed by atoms with van der Waals surface area (Å²) in [6.45, 7) is 0.819. The number of aliphatic hydroxyl groups is 4.